The second-order valence-electron chi connectivity index (χ2n) is 6.39. The number of hydrogen-bond acceptors (Lipinski definition) is 4. The summed E-state index contributed by atoms with van der Waals surface area (Å²) in [6, 6.07) is 9.99. The van der Waals surface area contributed by atoms with Gasteiger partial charge in [0.1, 0.15) is 11.6 Å². The highest BCUT2D eigenvalue weighted by Gasteiger charge is 2.15. The number of likely N-dealkylation sites (N-methyl/N-ethyl adjacent to an activating group) is 1. The molecule has 132 valence electrons. The van der Waals surface area contributed by atoms with Crippen molar-refractivity contribution in [3.63, 3.8) is 0 Å². The number of carbonyl (C=O) groups excluding carboxylic acids is 1. The van der Waals surface area contributed by atoms with Gasteiger partial charge in [-0.05, 0) is 36.4 Å². The Bertz CT molecular complexity index is 694. The van der Waals surface area contributed by atoms with Crippen LogP contribution in [0.2, 0.25) is 0 Å². The molecule has 1 saturated heterocycles. The summed E-state index contributed by atoms with van der Waals surface area (Å²) in [6.45, 7) is 4.50. The first-order valence-electron chi connectivity index (χ1n) is 8.50. The minimum absolute atomic E-state index is 0.0882. The van der Waals surface area contributed by atoms with Gasteiger partial charge in [-0.1, -0.05) is 18.2 Å². The van der Waals surface area contributed by atoms with Crippen molar-refractivity contribution in [3.8, 4) is 0 Å². The number of anilines is 1. The second kappa shape index (κ2) is 8.07. The number of amides is 1. The first-order valence-corrected chi connectivity index (χ1v) is 8.50. The molecule has 0 aliphatic carbocycles. The molecule has 2 heterocycles. The quantitative estimate of drug-likeness (QED) is 0.901. The molecule has 1 N–H and O–H groups in total. The molecular weight excluding hydrogens is 319 g/mol. The minimum Gasteiger partial charge on any atom is -0.354 e. The van der Waals surface area contributed by atoms with E-state index < -0.39 is 0 Å². The lowest BCUT2D eigenvalue weighted by molar-refractivity contribution is -0.120. The Morgan fingerprint density at radius 3 is 2.40 bits per heavy atom. The third-order valence-electron chi connectivity index (χ3n) is 4.40. The van der Waals surface area contributed by atoms with E-state index in [1.54, 1.807) is 12.1 Å². The Kier molecular flexibility index (Phi) is 5.60. The number of pyridine rings is 1. The van der Waals surface area contributed by atoms with Gasteiger partial charge in [0.15, 0.2) is 0 Å². The first kappa shape index (κ1) is 17.4. The van der Waals surface area contributed by atoms with Crippen LogP contribution >= 0.6 is 0 Å². The van der Waals surface area contributed by atoms with E-state index in [4.69, 9.17) is 0 Å². The predicted octanol–water partition coefficient (Wildman–Crippen LogP) is 1.83. The van der Waals surface area contributed by atoms with E-state index in [0.717, 1.165) is 43.1 Å². The standard InChI is InChI=1S/C19H23FN4O/c1-23-8-10-24(11-9-23)18-7-4-16(13-21-18)14-22-19(25)12-15-2-5-17(20)6-3-15/h2-7,13H,8-12,14H2,1H3,(H,22,25). The van der Waals surface area contributed by atoms with Crippen molar-refractivity contribution >= 4 is 11.7 Å². The molecule has 0 radical (unpaired) electrons. The maximum atomic E-state index is 12.9. The van der Waals surface area contributed by atoms with E-state index in [9.17, 15) is 9.18 Å². The lowest BCUT2D eigenvalue weighted by atomic mass is 10.1. The van der Waals surface area contributed by atoms with Crippen LogP contribution in [0.3, 0.4) is 0 Å². The monoisotopic (exact) mass is 342 g/mol. The minimum atomic E-state index is -0.296. The van der Waals surface area contributed by atoms with Gasteiger partial charge in [0.05, 0.1) is 6.42 Å². The largest absolute Gasteiger partial charge is 0.354 e. The molecule has 2 aromatic rings. The number of nitrogens with one attached hydrogen (secondary N) is 1. The summed E-state index contributed by atoms with van der Waals surface area (Å²) in [7, 11) is 2.13. The zero-order valence-corrected chi connectivity index (χ0v) is 14.4. The van der Waals surface area contributed by atoms with Gasteiger partial charge in [0.25, 0.3) is 0 Å². The average molecular weight is 342 g/mol. The predicted molar refractivity (Wildman–Crippen MR) is 95.9 cm³/mol. The topological polar surface area (TPSA) is 48.5 Å². The molecule has 0 atom stereocenters. The molecule has 0 unspecified atom stereocenters. The molecule has 3 rings (SSSR count). The molecule has 0 spiro atoms. The van der Waals surface area contributed by atoms with Gasteiger partial charge in [-0.25, -0.2) is 9.37 Å². The molecule has 1 amide bonds. The summed E-state index contributed by atoms with van der Waals surface area (Å²) in [6.07, 6.45) is 2.05. The van der Waals surface area contributed by atoms with Crippen molar-refractivity contribution in [1.82, 2.24) is 15.2 Å². The summed E-state index contributed by atoms with van der Waals surface area (Å²) in [5.74, 6) is 0.597. The van der Waals surface area contributed by atoms with Gasteiger partial charge in [0, 0.05) is 38.9 Å². The van der Waals surface area contributed by atoms with E-state index in [-0.39, 0.29) is 18.1 Å². The van der Waals surface area contributed by atoms with Crippen molar-refractivity contribution in [3.05, 3.63) is 59.5 Å². The number of piperazine rings is 1. The fraction of sp³-hybridized carbons (Fsp3) is 0.368. The van der Waals surface area contributed by atoms with Crippen molar-refractivity contribution in [2.24, 2.45) is 0 Å². The molecular formula is C19H23FN4O. The first-order chi connectivity index (χ1) is 12.1. The zero-order chi connectivity index (χ0) is 17.6. The number of benzene rings is 1. The van der Waals surface area contributed by atoms with Crippen LogP contribution in [0.4, 0.5) is 10.2 Å². The Morgan fingerprint density at radius 1 is 1.08 bits per heavy atom. The van der Waals surface area contributed by atoms with Gasteiger partial charge < -0.3 is 15.1 Å². The summed E-state index contributed by atoms with van der Waals surface area (Å²) in [4.78, 5) is 21.1. The van der Waals surface area contributed by atoms with Crippen molar-refractivity contribution in [1.29, 1.82) is 0 Å². The highest BCUT2D eigenvalue weighted by atomic mass is 19.1. The van der Waals surface area contributed by atoms with Gasteiger partial charge in [0.2, 0.25) is 5.91 Å². The lowest BCUT2D eigenvalue weighted by Crippen LogP contribution is -2.44. The number of halogens is 1. The lowest BCUT2D eigenvalue weighted by Gasteiger charge is -2.33. The second-order valence-corrected chi connectivity index (χ2v) is 6.39. The van der Waals surface area contributed by atoms with Crippen LogP contribution in [0.1, 0.15) is 11.1 Å². The smallest absolute Gasteiger partial charge is 0.224 e. The molecule has 6 heteroatoms. The Morgan fingerprint density at radius 2 is 1.76 bits per heavy atom. The Balaban J connectivity index is 1.48. The van der Waals surface area contributed by atoms with Crippen molar-refractivity contribution in [2.45, 2.75) is 13.0 Å². The van der Waals surface area contributed by atoms with Crippen LogP contribution in [-0.4, -0.2) is 49.0 Å². The summed E-state index contributed by atoms with van der Waals surface area (Å²) in [5, 5.41) is 2.87. The summed E-state index contributed by atoms with van der Waals surface area (Å²) in [5.41, 5.74) is 1.76. The molecule has 25 heavy (non-hydrogen) atoms. The number of carbonyl (C=O) groups is 1. The van der Waals surface area contributed by atoms with E-state index >= 15 is 0 Å². The van der Waals surface area contributed by atoms with Crippen LogP contribution in [0.15, 0.2) is 42.6 Å². The summed E-state index contributed by atoms with van der Waals surface area (Å²) >= 11 is 0. The highest BCUT2D eigenvalue weighted by Crippen LogP contribution is 2.13. The van der Waals surface area contributed by atoms with Crippen LogP contribution in [0.5, 0.6) is 0 Å². The number of rotatable bonds is 5. The molecule has 1 aliphatic heterocycles. The molecule has 1 aliphatic rings. The van der Waals surface area contributed by atoms with Gasteiger partial charge in [-0.2, -0.15) is 0 Å². The van der Waals surface area contributed by atoms with Gasteiger partial charge in [-0.15, -0.1) is 0 Å². The molecule has 1 fully saturated rings. The summed E-state index contributed by atoms with van der Waals surface area (Å²) < 4.78 is 12.9. The third kappa shape index (κ3) is 5.00. The number of nitrogens with zero attached hydrogens (tertiary/aromatic N) is 3. The molecule has 1 aromatic carbocycles. The fourth-order valence-electron chi connectivity index (χ4n) is 2.79. The van der Waals surface area contributed by atoms with Crippen LogP contribution in [-0.2, 0) is 17.8 Å². The maximum Gasteiger partial charge on any atom is 0.224 e. The van der Waals surface area contributed by atoms with E-state index in [0.29, 0.717) is 6.54 Å². The van der Waals surface area contributed by atoms with E-state index in [1.807, 2.05) is 18.3 Å². The Hall–Kier alpha value is -2.47. The Labute approximate surface area is 147 Å². The average Bonchev–Trinajstić information content (AvgIpc) is 2.63. The highest BCUT2D eigenvalue weighted by molar-refractivity contribution is 5.78. The third-order valence-corrected chi connectivity index (χ3v) is 4.40. The fourth-order valence-corrected chi connectivity index (χ4v) is 2.79. The van der Waals surface area contributed by atoms with Crippen molar-refractivity contribution in [2.75, 3.05) is 38.1 Å². The molecule has 5 nitrogen and oxygen atoms in total. The number of hydrogen-bond donors (Lipinski definition) is 1. The molecule has 0 bridgehead atoms. The zero-order valence-electron chi connectivity index (χ0n) is 14.4. The van der Waals surface area contributed by atoms with E-state index in [1.165, 1.54) is 12.1 Å². The van der Waals surface area contributed by atoms with Crippen LogP contribution < -0.4 is 10.2 Å². The van der Waals surface area contributed by atoms with Crippen LogP contribution in [0, 0.1) is 5.82 Å². The maximum absolute atomic E-state index is 12.9. The van der Waals surface area contributed by atoms with Gasteiger partial charge in [-0.3, -0.25) is 4.79 Å². The van der Waals surface area contributed by atoms with E-state index in [2.05, 4.69) is 27.1 Å². The van der Waals surface area contributed by atoms with Crippen molar-refractivity contribution < 1.29 is 9.18 Å². The molecule has 1 aromatic heterocycles. The number of aromatic nitrogens is 1. The normalized spacial score (nSPS) is 15.2. The SMILES string of the molecule is CN1CCN(c2ccc(CNC(=O)Cc3ccc(F)cc3)cn2)CC1. The van der Waals surface area contributed by atoms with Gasteiger partial charge >= 0.3 is 0 Å². The molecule has 0 saturated carbocycles. The van der Waals surface area contributed by atoms with Crippen LogP contribution in [0.25, 0.3) is 0 Å².